The minimum Gasteiger partial charge on any atom is -0.480 e. The lowest BCUT2D eigenvalue weighted by Crippen LogP contribution is -2.55. The Morgan fingerprint density at radius 3 is 2.75 bits per heavy atom. The number of rotatable bonds is 3. The molecule has 1 heterocycles. The number of aryl methyl sites for hydroxylation is 1. The Labute approximate surface area is 117 Å². The van der Waals surface area contributed by atoms with E-state index in [1.807, 2.05) is 31.2 Å². The van der Waals surface area contributed by atoms with E-state index in [-0.39, 0.29) is 19.2 Å². The molecule has 2 rings (SSSR count). The lowest BCUT2D eigenvalue weighted by atomic mass is 10.1. The first-order valence-electron chi connectivity index (χ1n) is 6.48. The first-order chi connectivity index (χ1) is 9.58. The van der Waals surface area contributed by atoms with Gasteiger partial charge in [-0.1, -0.05) is 29.8 Å². The van der Waals surface area contributed by atoms with Gasteiger partial charge < -0.3 is 20.1 Å². The SMILES string of the molecule is Cc1ccc(CNC(=O)N2CCOCC2C(=O)O)cc1. The van der Waals surface area contributed by atoms with Crippen molar-refractivity contribution in [2.75, 3.05) is 19.8 Å². The van der Waals surface area contributed by atoms with Gasteiger partial charge in [0.15, 0.2) is 6.04 Å². The second-order valence-electron chi connectivity index (χ2n) is 4.77. The van der Waals surface area contributed by atoms with E-state index in [1.54, 1.807) is 0 Å². The monoisotopic (exact) mass is 278 g/mol. The zero-order chi connectivity index (χ0) is 14.5. The fourth-order valence-electron chi connectivity index (χ4n) is 2.04. The van der Waals surface area contributed by atoms with E-state index >= 15 is 0 Å². The highest BCUT2D eigenvalue weighted by atomic mass is 16.5. The Bertz CT molecular complexity index is 486. The largest absolute Gasteiger partial charge is 0.480 e. The van der Waals surface area contributed by atoms with E-state index in [0.29, 0.717) is 13.2 Å². The summed E-state index contributed by atoms with van der Waals surface area (Å²) < 4.78 is 5.10. The number of hydrogen-bond donors (Lipinski definition) is 2. The maximum atomic E-state index is 12.0. The number of carbonyl (C=O) groups excluding carboxylic acids is 1. The van der Waals surface area contributed by atoms with E-state index in [2.05, 4.69) is 5.32 Å². The number of nitrogens with zero attached hydrogens (tertiary/aromatic N) is 1. The molecule has 1 aliphatic heterocycles. The maximum Gasteiger partial charge on any atom is 0.328 e. The smallest absolute Gasteiger partial charge is 0.328 e. The summed E-state index contributed by atoms with van der Waals surface area (Å²) in [7, 11) is 0. The molecular formula is C14H18N2O4. The van der Waals surface area contributed by atoms with Gasteiger partial charge in [0, 0.05) is 13.1 Å². The number of carbonyl (C=O) groups is 2. The molecule has 0 bridgehead atoms. The number of morpholine rings is 1. The first kappa shape index (κ1) is 14.3. The lowest BCUT2D eigenvalue weighted by molar-refractivity contribution is -0.147. The Kier molecular flexibility index (Phi) is 4.57. The van der Waals surface area contributed by atoms with Crippen LogP contribution in [0.1, 0.15) is 11.1 Å². The molecule has 108 valence electrons. The van der Waals surface area contributed by atoms with Crippen LogP contribution in [-0.2, 0) is 16.1 Å². The summed E-state index contributed by atoms with van der Waals surface area (Å²) in [6.45, 7) is 3.06. The van der Waals surface area contributed by atoms with Crippen molar-refractivity contribution >= 4 is 12.0 Å². The zero-order valence-corrected chi connectivity index (χ0v) is 11.3. The molecule has 1 aliphatic rings. The van der Waals surface area contributed by atoms with E-state index in [0.717, 1.165) is 11.1 Å². The van der Waals surface area contributed by atoms with Gasteiger partial charge in [-0.05, 0) is 12.5 Å². The predicted molar refractivity (Wildman–Crippen MR) is 72.4 cm³/mol. The van der Waals surface area contributed by atoms with Crippen molar-refractivity contribution in [3.05, 3.63) is 35.4 Å². The molecule has 6 nitrogen and oxygen atoms in total. The van der Waals surface area contributed by atoms with Gasteiger partial charge >= 0.3 is 12.0 Å². The van der Waals surface area contributed by atoms with Crippen molar-refractivity contribution < 1.29 is 19.4 Å². The van der Waals surface area contributed by atoms with Crippen LogP contribution in [0, 0.1) is 6.92 Å². The molecule has 1 aromatic carbocycles. The average molecular weight is 278 g/mol. The van der Waals surface area contributed by atoms with Crippen molar-refractivity contribution in [2.45, 2.75) is 19.5 Å². The van der Waals surface area contributed by atoms with Crippen LogP contribution in [0.15, 0.2) is 24.3 Å². The third-order valence-electron chi connectivity index (χ3n) is 3.24. The van der Waals surface area contributed by atoms with Crippen LogP contribution in [0.5, 0.6) is 0 Å². The maximum absolute atomic E-state index is 12.0. The van der Waals surface area contributed by atoms with Gasteiger partial charge in [0.1, 0.15) is 0 Å². The number of hydrogen-bond acceptors (Lipinski definition) is 3. The van der Waals surface area contributed by atoms with Gasteiger partial charge in [-0.2, -0.15) is 0 Å². The molecule has 6 heteroatoms. The summed E-state index contributed by atoms with van der Waals surface area (Å²) in [5.41, 5.74) is 2.13. The molecule has 2 amide bonds. The van der Waals surface area contributed by atoms with E-state index < -0.39 is 12.0 Å². The number of carboxylic acid groups (broad SMARTS) is 1. The molecule has 0 radical (unpaired) electrons. The Morgan fingerprint density at radius 2 is 2.10 bits per heavy atom. The minimum absolute atomic E-state index is 0.0350. The Morgan fingerprint density at radius 1 is 1.40 bits per heavy atom. The first-order valence-corrected chi connectivity index (χ1v) is 6.48. The molecule has 0 spiro atoms. The highest BCUT2D eigenvalue weighted by Gasteiger charge is 2.32. The van der Waals surface area contributed by atoms with Crippen LogP contribution in [-0.4, -0.2) is 47.8 Å². The molecule has 1 saturated heterocycles. The summed E-state index contributed by atoms with van der Waals surface area (Å²) >= 11 is 0. The van der Waals surface area contributed by atoms with Crippen LogP contribution in [0.4, 0.5) is 4.79 Å². The summed E-state index contributed by atoms with van der Waals surface area (Å²) in [5.74, 6) is -1.05. The quantitative estimate of drug-likeness (QED) is 0.864. The number of benzene rings is 1. The molecule has 0 saturated carbocycles. The van der Waals surface area contributed by atoms with Crippen molar-refractivity contribution in [3.63, 3.8) is 0 Å². The highest BCUT2D eigenvalue weighted by Crippen LogP contribution is 2.08. The molecular weight excluding hydrogens is 260 g/mol. The number of urea groups is 1. The number of ether oxygens (including phenoxy) is 1. The second-order valence-corrected chi connectivity index (χ2v) is 4.77. The Hall–Kier alpha value is -2.08. The number of aliphatic carboxylic acids is 1. The van der Waals surface area contributed by atoms with Gasteiger partial charge in [0.2, 0.25) is 0 Å². The molecule has 0 aliphatic carbocycles. The highest BCUT2D eigenvalue weighted by molar-refractivity contribution is 5.83. The van der Waals surface area contributed by atoms with E-state index in [4.69, 9.17) is 9.84 Å². The fourth-order valence-corrected chi connectivity index (χ4v) is 2.04. The molecule has 1 unspecified atom stereocenters. The number of nitrogens with one attached hydrogen (secondary N) is 1. The zero-order valence-electron chi connectivity index (χ0n) is 11.3. The van der Waals surface area contributed by atoms with Gasteiger partial charge in [-0.3, -0.25) is 0 Å². The molecule has 1 fully saturated rings. The molecule has 1 aromatic rings. The standard InChI is InChI=1S/C14H18N2O4/c1-10-2-4-11(5-3-10)8-15-14(19)16-6-7-20-9-12(16)13(17)18/h2-5,12H,6-9H2,1H3,(H,15,19)(H,17,18). The van der Waals surface area contributed by atoms with Crippen molar-refractivity contribution in [3.8, 4) is 0 Å². The number of carboxylic acids is 1. The fraction of sp³-hybridized carbons (Fsp3) is 0.429. The second kappa shape index (κ2) is 6.38. The molecule has 0 aromatic heterocycles. The van der Waals surface area contributed by atoms with E-state index in [9.17, 15) is 9.59 Å². The summed E-state index contributed by atoms with van der Waals surface area (Å²) in [6, 6.07) is 6.52. The van der Waals surface area contributed by atoms with Crippen molar-refractivity contribution in [1.29, 1.82) is 0 Å². The third-order valence-corrected chi connectivity index (χ3v) is 3.24. The van der Waals surface area contributed by atoms with Crippen molar-refractivity contribution in [2.24, 2.45) is 0 Å². The number of amides is 2. The third kappa shape index (κ3) is 3.48. The topological polar surface area (TPSA) is 78.9 Å². The minimum atomic E-state index is -1.05. The summed E-state index contributed by atoms with van der Waals surface area (Å²) in [4.78, 5) is 24.4. The van der Waals surface area contributed by atoms with Gasteiger partial charge in [-0.25, -0.2) is 9.59 Å². The normalized spacial score (nSPS) is 18.6. The van der Waals surface area contributed by atoms with Crippen LogP contribution < -0.4 is 5.32 Å². The van der Waals surface area contributed by atoms with Crippen LogP contribution in [0.3, 0.4) is 0 Å². The van der Waals surface area contributed by atoms with Crippen LogP contribution >= 0.6 is 0 Å². The van der Waals surface area contributed by atoms with Crippen molar-refractivity contribution in [1.82, 2.24) is 10.2 Å². The predicted octanol–water partition coefficient (Wildman–Crippen LogP) is 0.990. The Balaban J connectivity index is 1.93. The van der Waals surface area contributed by atoms with Crippen LogP contribution in [0.2, 0.25) is 0 Å². The van der Waals surface area contributed by atoms with E-state index in [1.165, 1.54) is 4.90 Å². The lowest BCUT2D eigenvalue weighted by Gasteiger charge is -2.32. The molecule has 2 N–H and O–H groups in total. The summed E-state index contributed by atoms with van der Waals surface area (Å²) in [6.07, 6.45) is 0. The molecule has 1 atom stereocenters. The summed E-state index contributed by atoms with van der Waals surface area (Å²) in [5, 5.41) is 11.8. The van der Waals surface area contributed by atoms with Crippen LogP contribution in [0.25, 0.3) is 0 Å². The average Bonchev–Trinajstić information content (AvgIpc) is 2.46. The molecule has 20 heavy (non-hydrogen) atoms. The van der Waals surface area contributed by atoms with Gasteiger partial charge in [0.25, 0.3) is 0 Å². The van der Waals surface area contributed by atoms with Gasteiger partial charge in [-0.15, -0.1) is 0 Å². The van der Waals surface area contributed by atoms with Gasteiger partial charge in [0.05, 0.1) is 13.2 Å².